The average Bonchev–Trinajstić information content (AvgIpc) is 2.61. The van der Waals surface area contributed by atoms with Crippen molar-refractivity contribution in [2.75, 3.05) is 0 Å². The number of esters is 1. The van der Waals surface area contributed by atoms with Gasteiger partial charge in [0.1, 0.15) is 24.0 Å². The van der Waals surface area contributed by atoms with E-state index in [9.17, 15) is 4.79 Å². The monoisotopic (exact) mass is 341 g/mol. The highest BCUT2D eigenvalue weighted by Crippen LogP contribution is 2.20. The second kappa shape index (κ2) is 9.23. The van der Waals surface area contributed by atoms with Gasteiger partial charge in [-0.25, -0.2) is 0 Å². The second-order valence-corrected chi connectivity index (χ2v) is 6.58. The van der Waals surface area contributed by atoms with E-state index in [1.807, 2.05) is 81.4 Å². The molecule has 0 unspecified atom stereocenters. The molecule has 0 aliphatic heterocycles. The molecule has 0 aromatic heterocycles. The molecule has 2 aromatic carbocycles. The molecule has 2 aromatic rings. The average molecular weight is 341 g/mol. The summed E-state index contributed by atoms with van der Waals surface area (Å²) in [5, 5.41) is 0. The highest BCUT2D eigenvalue weighted by molar-refractivity contribution is 5.76. The molecule has 0 spiro atoms. The highest BCUT2D eigenvalue weighted by Gasteiger charge is 2.28. The van der Waals surface area contributed by atoms with Crippen LogP contribution in [0.1, 0.15) is 26.3 Å². The normalized spacial score (nSPS) is 14.6. The zero-order chi connectivity index (χ0) is 18.2. The van der Waals surface area contributed by atoms with Crippen LogP contribution in [0.25, 0.3) is 0 Å². The molecule has 0 saturated carbocycles. The Kier molecular flexibility index (Phi) is 7.02. The van der Waals surface area contributed by atoms with E-state index in [-0.39, 0.29) is 12.0 Å². The minimum atomic E-state index is -0.686. The van der Waals surface area contributed by atoms with Crippen molar-refractivity contribution in [1.82, 2.24) is 0 Å². The Labute approximate surface area is 150 Å². The van der Waals surface area contributed by atoms with Crippen molar-refractivity contribution in [2.24, 2.45) is 11.7 Å². The van der Waals surface area contributed by atoms with Gasteiger partial charge in [0, 0.05) is 0 Å². The summed E-state index contributed by atoms with van der Waals surface area (Å²) in [4.78, 5) is 12.3. The Hall–Kier alpha value is -2.33. The van der Waals surface area contributed by atoms with E-state index in [4.69, 9.17) is 15.2 Å². The summed E-state index contributed by atoms with van der Waals surface area (Å²) in [6.07, 6.45) is -0.178. The SMILES string of the molecule is CC(C)[C@@H](Oc1ccccc1)[C@H](C)OC(=O)[C@@H](N)Cc1ccccc1. The zero-order valence-corrected chi connectivity index (χ0v) is 15.1. The summed E-state index contributed by atoms with van der Waals surface area (Å²) in [6.45, 7) is 5.93. The molecule has 0 aliphatic rings. The predicted molar refractivity (Wildman–Crippen MR) is 99.4 cm³/mol. The largest absolute Gasteiger partial charge is 0.486 e. The number of carbonyl (C=O) groups excluding carboxylic acids is 1. The molecule has 0 amide bonds. The van der Waals surface area contributed by atoms with Crippen molar-refractivity contribution < 1.29 is 14.3 Å². The number of hydrogen-bond donors (Lipinski definition) is 1. The van der Waals surface area contributed by atoms with Gasteiger partial charge in [-0.15, -0.1) is 0 Å². The Bertz CT molecular complexity index is 643. The van der Waals surface area contributed by atoms with Gasteiger partial charge < -0.3 is 15.2 Å². The van der Waals surface area contributed by atoms with Crippen LogP contribution in [0.3, 0.4) is 0 Å². The van der Waals surface area contributed by atoms with E-state index in [2.05, 4.69) is 0 Å². The first-order valence-electron chi connectivity index (χ1n) is 8.69. The van der Waals surface area contributed by atoms with Crippen LogP contribution in [0, 0.1) is 5.92 Å². The topological polar surface area (TPSA) is 61.5 Å². The molecule has 134 valence electrons. The minimum Gasteiger partial charge on any atom is -0.486 e. The molecule has 4 nitrogen and oxygen atoms in total. The number of ether oxygens (including phenoxy) is 2. The van der Waals surface area contributed by atoms with Crippen LogP contribution in [-0.4, -0.2) is 24.2 Å². The highest BCUT2D eigenvalue weighted by atomic mass is 16.6. The standard InChI is InChI=1S/C21H27NO3/c1-15(2)20(25-18-12-8-5-9-13-18)16(3)24-21(23)19(22)14-17-10-6-4-7-11-17/h4-13,15-16,19-20H,14,22H2,1-3H3/t16-,19-,20+/m0/s1. The first kappa shape index (κ1) is 19.0. The lowest BCUT2D eigenvalue weighted by atomic mass is 10.0. The Morgan fingerprint density at radius 1 is 0.960 bits per heavy atom. The maximum absolute atomic E-state index is 12.3. The van der Waals surface area contributed by atoms with Crippen LogP contribution in [0.4, 0.5) is 0 Å². The minimum absolute atomic E-state index is 0.188. The van der Waals surface area contributed by atoms with Gasteiger partial charge >= 0.3 is 5.97 Å². The lowest BCUT2D eigenvalue weighted by Crippen LogP contribution is -2.42. The van der Waals surface area contributed by atoms with Gasteiger partial charge in [-0.2, -0.15) is 0 Å². The molecule has 0 bridgehead atoms. The molecule has 2 rings (SSSR count). The predicted octanol–water partition coefficient (Wildman–Crippen LogP) is 3.59. The number of carbonyl (C=O) groups is 1. The van der Waals surface area contributed by atoms with E-state index >= 15 is 0 Å². The molecule has 2 N–H and O–H groups in total. The van der Waals surface area contributed by atoms with Gasteiger partial charge in [-0.05, 0) is 37.0 Å². The summed E-state index contributed by atoms with van der Waals surface area (Å²) in [7, 11) is 0. The number of benzene rings is 2. The van der Waals surface area contributed by atoms with Crippen LogP contribution in [0.2, 0.25) is 0 Å². The van der Waals surface area contributed by atoms with E-state index in [1.165, 1.54) is 0 Å². The fraction of sp³-hybridized carbons (Fsp3) is 0.381. The first-order valence-corrected chi connectivity index (χ1v) is 8.69. The fourth-order valence-electron chi connectivity index (χ4n) is 2.72. The Balaban J connectivity index is 1.94. The van der Waals surface area contributed by atoms with Crippen molar-refractivity contribution >= 4 is 5.97 Å². The van der Waals surface area contributed by atoms with Gasteiger partial charge in [0.05, 0.1) is 0 Å². The summed E-state index contributed by atoms with van der Waals surface area (Å²) in [6, 6.07) is 18.6. The number of nitrogens with two attached hydrogens (primary N) is 1. The molecule has 0 saturated heterocycles. The fourth-order valence-corrected chi connectivity index (χ4v) is 2.72. The first-order chi connectivity index (χ1) is 12.0. The van der Waals surface area contributed by atoms with Crippen LogP contribution >= 0.6 is 0 Å². The molecule has 0 radical (unpaired) electrons. The van der Waals surface area contributed by atoms with E-state index in [0.29, 0.717) is 6.42 Å². The maximum atomic E-state index is 12.3. The van der Waals surface area contributed by atoms with Crippen molar-refractivity contribution in [3.05, 3.63) is 66.2 Å². The van der Waals surface area contributed by atoms with Gasteiger partial charge in [-0.3, -0.25) is 4.79 Å². The third kappa shape index (κ3) is 5.91. The molecule has 0 heterocycles. The summed E-state index contributed by atoms with van der Waals surface area (Å²) in [5.41, 5.74) is 7.03. The summed E-state index contributed by atoms with van der Waals surface area (Å²) >= 11 is 0. The van der Waals surface area contributed by atoms with Gasteiger partial charge in [0.25, 0.3) is 0 Å². The molecule has 4 heteroatoms. The van der Waals surface area contributed by atoms with Crippen molar-refractivity contribution in [3.63, 3.8) is 0 Å². The third-order valence-corrected chi connectivity index (χ3v) is 4.04. The van der Waals surface area contributed by atoms with Crippen LogP contribution in [-0.2, 0) is 16.0 Å². The van der Waals surface area contributed by atoms with Crippen LogP contribution < -0.4 is 10.5 Å². The van der Waals surface area contributed by atoms with E-state index in [0.717, 1.165) is 11.3 Å². The van der Waals surface area contributed by atoms with Crippen LogP contribution in [0.5, 0.6) is 5.75 Å². The molecule has 0 aliphatic carbocycles. The van der Waals surface area contributed by atoms with Gasteiger partial charge in [-0.1, -0.05) is 62.4 Å². The van der Waals surface area contributed by atoms with Crippen LogP contribution in [0.15, 0.2) is 60.7 Å². The van der Waals surface area contributed by atoms with Crippen molar-refractivity contribution in [3.8, 4) is 5.75 Å². The molecule has 0 fully saturated rings. The molecular weight excluding hydrogens is 314 g/mol. The van der Waals surface area contributed by atoms with Gasteiger partial charge in [0.15, 0.2) is 0 Å². The quantitative estimate of drug-likeness (QED) is 0.745. The number of para-hydroxylation sites is 1. The Morgan fingerprint density at radius 2 is 1.52 bits per heavy atom. The summed E-state index contributed by atoms with van der Waals surface area (Å²) in [5.74, 6) is 0.546. The molecule has 3 atom stereocenters. The lowest BCUT2D eigenvalue weighted by molar-refractivity contribution is -0.155. The summed E-state index contributed by atoms with van der Waals surface area (Å²) < 4.78 is 11.6. The third-order valence-electron chi connectivity index (χ3n) is 4.04. The smallest absolute Gasteiger partial charge is 0.323 e. The van der Waals surface area contributed by atoms with Crippen molar-refractivity contribution in [1.29, 1.82) is 0 Å². The molecule has 25 heavy (non-hydrogen) atoms. The van der Waals surface area contributed by atoms with Gasteiger partial charge in [0.2, 0.25) is 0 Å². The Morgan fingerprint density at radius 3 is 2.08 bits per heavy atom. The number of rotatable bonds is 8. The number of hydrogen-bond acceptors (Lipinski definition) is 4. The van der Waals surface area contributed by atoms with E-state index in [1.54, 1.807) is 0 Å². The lowest BCUT2D eigenvalue weighted by Gasteiger charge is -2.29. The maximum Gasteiger partial charge on any atom is 0.323 e. The van der Waals surface area contributed by atoms with Crippen molar-refractivity contribution in [2.45, 2.75) is 45.4 Å². The zero-order valence-electron chi connectivity index (χ0n) is 15.1. The molecular formula is C21H27NO3. The van der Waals surface area contributed by atoms with E-state index < -0.39 is 18.1 Å². The second-order valence-electron chi connectivity index (χ2n) is 6.58.